The number of hydrogen-bond acceptors (Lipinski definition) is 4. The Kier molecular flexibility index (Phi) is 7.07. The topological polar surface area (TPSA) is 43.7 Å². The fraction of sp³-hybridized carbons (Fsp3) is 0.450. The maximum absolute atomic E-state index is 11.7. The minimum absolute atomic E-state index is 0.202. The van der Waals surface area contributed by atoms with Crippen molar-refractivity contribution in [2.75, 3.05) is 27.3 Å². The summed E-state index contributed by atoms with van der Waals surface area (Å²) in [6.07, 6.45) is 2.07. The minimum Gasteiger partial charge on any atom is -0.497 e. The SMILES string of the molecule is COC(=O)CN(Cc1cccn1Cc1cccc(OC)c1)CC(C)C. The van der Waals surface area contributed by atoms with E-state index < -0.39 is 0 Å². The van der Waals surface area contributed by atoms with Gasteiger partial charge in [0.1, 0.15) is 5.75 Å². The number of benzene rings is 1. The molecule has 0 atom stereocenters. The number of carbonyl (C=O) groups is 1. The third-order valence-electron chi connectivity index (χ3n) is 4.00. The maximum atomic E-state index is 11.7. The van der Waals surface area contributed by atoms with E-state index in [4.69, 9.17) is 9.47 Å². The molecule has 0 amide bonds. The van der Waals surface area contributed by atoms with Crippen LogP contribution in [0.5, 0.6) is 5.75 Å². The van der Waals surface area contributed by atoms with E-state index >= 15 is 0 Å². The van der Waals surface area contributed by atoms with E-state index in [1.807, 2.05) is 24.3 Å². The lowest BCUT2D eigenvalue weighted by atomic mass is 10.2. The molecule has 1 aromatic heterocycles. The number of hydrogen-bond donors (Lipinski definition) is 0. The molecule has 0 aliphatic carbocycles. The summed E-state index contributed by atoms with van der Waals surface area (Å²) in [6, 6.07) is 12.2. The van der Waals surface area contributed by atoms with Gasteiger partial charge in [-0.3, -0.25) is 9.69 Å². The Morgan fingerprint density at radius 3 is 2.68 bits per heavy atom. The molecular weight excluding hydrogens is 316 g/mol. The lowest BCUT2D eigenvalue weighted by Crippen LogP contribution is -2.33. The van der Waals surface area contributed by atoms with Crippen LogP contribution in [0, 0.1) is 5.92 Å². The molecule has 0 bridgehead atoms. The summed E-state index contributed by atoms with van der Waals surface area (Å²) in [4.78, 5) is 13.8. The highest BCUT2D eigenvalue weighted by atomic mass is 16.5. The highest BCUT2D eigenvalue weighted by Crippen LogP contribution is 2.16. The van der Waals surface area contributed by atoms with Crippen LogP contribution in [0.4, 0.5) is 0 Å². The van der Waals surface area contributed by atoms with Crippen molar-refractivity contribution in [2.45, 2.75) is 26.9 Å². The molecule has 0 saturated heterocycles. The Morgan fingerprint density at radius 1 is 1.20 bits per heavy atom. The van der Waals surface area contributed by atoms with Crippen LogP contribution in [0.25, 0.3) is 0 Å². The molecule has 2 rings (SSSR count). The molecule has 0 aliphatic heterocycles. The van der Waals surface area contributed by atoms with Crippen molar-refractivity contribution in [3.8, 4) is 5.75 Å². The second kappa shape index (κ2) is 9.28. The summed E-state index contributed by atoms with van der Waals surface area (Å²) >= 11 is 0. The normalized spacial score (nSPS) is 11.1. The van der Waals surface area contributed by atoms with E-state index in [2.05, 4.69) is 41.6 Å². The van der Waals surface area contributed by atoms with Gasteiger partial charge in [0.15, 0.2) is 0 Å². The number of esters is 1. The van der Waals surface area contributed by atoms with Crippen LogP contribution < -0.4 is 4.74 Å². The van der Waals surface area contributed by atoms with Crippen molar-refractivity contribution >= 4 is 5.97 Å². The fourth-order valence-electron chi connectivity index (χ4n) is 2.89. The molecule has 0 aliphatic rings. The Labute approximate surface area is 150 Å². The van der Waals surface area contributed by atoms with E-state index in [9.17, 15) is 4.79 Å². The Bertz CT molecular complexity index is 679. The third kappa shape index (κ3) is 5.94. The van der Waals surface area contributed by atoms with Crippen LogP contribution in [-0.4, -0.2) is 42.7 Å². The second-order valence-electron chi connectivity index (χ2n) is 6.62. The predicted octanol–water partition coefficient (Wildman–Crippen LogP) is 3.18. The standard InChI is InChI=1S/C20H28N2O3/c1-16(2)12-21(15-20(23)25-4)14-18-8-6-10-22(18)13-17-7-5-9-19(11-17)24-3/h5-11,16H,12-15H2,1-4H3. The van der Waals surface area contributed by atoms with Crippen LogP contribution in [0.1, 0.15) is 25.1 Å². The first-order valence-corrected chi connectivity index (χ1v) is 8.58. The molecule has 25 heavy (non-hydrogen) atoms. The molecule has 0 spiro atoms. The molecule has 2 aromatic rings. The van der Waals surface area contributed by atoms with Gasteiger partial charge in [-0.2, -0.15) is 0 Å². The average Bonchev–Trinajstić information content (AvgIpc) is 3.01. The number of rotatable bonds is 9. The maximum Gasteiger partial charge on any atom is 0.319 e. The molecule has 5 nitrogen and oxygen atoms in total. The molecule has 136 valence electrons. The molecule has 0 N–H and O–H groups in total. The first-order chi connectivity index (χ1) is 12.0. The van der Waals surface area contributed by atoms with Gasteiger partial charge in [0.2, 0.25) is 0 Å². The van der Waals surface area contributed by atoms with E-state index in [0.717, 1.165) is 18.8 Å². The van der Waals surface area contributed by atoms with Crippen LogP contribution in [-0.2, 0) is 22.6 Å². The number of carbonyl (C=O) groups excluding carboxylic acids is 1. The van der Waals surface area contributed by atoms with Gasteiger partial charge in [-0.05, 0) is 35.7 Å². The monoisotopic (exact) mass is 344 g/mol. The van der Waals surface area contributed by atoms with Gasteiger partial charge in [0, 0.05) is 31.5 Å². The van der Waals surface area contributed by atoms with E-state index in [1.165, 1.54) is 18.4 Å². The number of aromatic nitrogens is 1. The summed E-state index contributed by atoms with van der Waals surface area (Å²) in [6.45, 7) is 6.94. The number of nitrogens with zero attached hydrogens (tertiary/aromatic N) is 2. The summed E-state index contributed by atoms with van der Waals surface area (Å²) in [5.74, 6) is 1.14. The number of methoxy groups -OCH3 is 2. The van der Waals surface area contributed by atoms with Crippen LogP contribution in [0.15, 0.2) is 42.6 Å². The quantitative estimate of drug-likeness (QED) is 0.656. The third-order valence-corrected chi connectivity index (χ3v) is 4.00. The summed E-state index contributed by atoms with van der Waals surface area (Å²) < 4.78 is 12.3. The highest BCUT2D eigenvalue weighted by molar-refractivity contribution is 5.71. The zero-order valence-electron chi connectivity index (χ0n) is 15.6. The van der Waals surface area contributed by atoms with Crippen molar-refractivity contribution in [3.05, 3.63) is 53.9 Å². The Balaban J connectivity index is 2.11. The molecule has 0 fully saturated rings. The van der Waals surface area contributed by atoms with Crippen molar-refractivity contribution in [2.24, 2.45) is 5.92 Å². The van der Waals surface area contributed by atoms with Gasteiger partial charge in [0.25, 0.3) is 0 Å². The minimum atomic E-state index is -0.202. The zero-order chi connectivity index (χ0) is 18.2. The predicted molar refractivity (Wildman–Crippen MR) is 98.7 cm³/mol. The zero-order valence-corrected chi connectivity index (χ0v) is 15.6. The van der Waals surface area contributed by atoms with Crippen molar-refractivity contribution in [1.29, 1.82) is 0 Å². The first kappa shape index (κ1) is 19.1. The Hall–Kier alpha value is -2.27. The first-order valence-electron chi connectivity index (χ1n) is 8.58. The highest BCUT2D eigenvalue weighted by Gasteiger charge is 2.15. The molecule has 5 heteroatoms. The molecule has 0 radical (unpaired) electrons. The molecule has 1 aromatic carbocycles. The van der Waals surface area contributed by atoms with Gasteiger partial charge in [-0.15, -0.1) is 0 Å². The summed E-state index contributed by atoms with van der Waals surface area (Å²) in [5, 5.41) is 0. The van der Waals surface area contributed by atoms with Crippen molar-refractivity contribution in [1.82, 2.24) is 9.47 Å². The van der Waals surface area contributed by atoms with Crippen LogP contribution >= 0.6 is 0 Å². The van der Waals surface area contributed by atoms with E-state index in [0.29, 0.717) is 19.0 Å². The van der Waals surface area contributed by atoms with Gasteiger partial charge in [-0.1, -0.05) is 26.0 Å². The molecule has 0 unspecified atom stereocenters. The fourth-order valence-corrected chi connectivity index (χ4v) is 2.89. The Morgan fingerprint density at radius 2 is 2.00 bits per heavy atom. The van der Waals surface area contributed by atoms with Crippen molar-refractivity contribution in [3.63, 3.8) is 0 Å². The number of ether oxygens (including phenoxy) is 2. The largest absolute Gasteiger partial charge is 0.497 e. The molecular formula is C20H28N2O3. The lowest BCUT2D eigenvalue weighted by molar-refractivity contribution is -0.142. The van der Waals surface area contributed by atoms with Gasteiger partial charge >= 0.3 is 5.97 Å². The van der Waals surface area contributed by atoms with E-state index in [1.54, 1.807) is 7.11 Å². The lowest BCUT2D eigenvalue weighted by Gasteiger charge is -2.24. The van der Waals surface area contributed by atoms with Gasteiger partial charge < -0.3 is 14.0 Å². The molecule has 1 heterocycles. The smallest absolute Gasteiger partial charge is 0.319 e. The van der Waals surface area contributed by atoms with Crippen molar-refractivity contribution < 1.29 is 14.3 Å². The summed E-state index contributed by atoms with van der Waals surface area (Å²) in [7, 11) is 3.11. The second-order valence-corrected chi connectivity index (χ2v) is 6.62. The van der Waals surface area contributed by atoms with E-state index in [-0.39, 0.29) is 5.97 Å². The average molecular weight is 344 g/mol. The van der Waals surface area contributed by atoms with Crippen LogP contribution in [0.2, 0.25) is 0 Å². The van der Waals surface area contributed by atoms with Crippen LogP contribution in [0.3, 0.4) is 0 Å². The van der Waals surface area contributed by atoms with Gasteiger partial charge in [-0.25, -0.2) is 0 Å². The summed E-state index contributed by atoms with van der Waals surface area (Å²) in [5.41, 5.74) is 2.35. The molecule has 0 saturated carbocycles. The van der Waals surface area contributed by atoms with Gasteiger partial charge in [0.05, 0.1) is 20.8 Å².